The number of aryl methyl sites for hydroxylation is 2. The van der Waals surface area contributed by atoms with Crippen molar-refractivity contribution in [2.24, 2.45) is 0 Å². The number of rotatable bonds is 25. The van der Waals surface area contributed by atoms with Gasteiger partial charge in [0, 0.05) is 0 Å². The topological polar surface area (TPSA) is 8.81 Å². The number of aromatic nitrogens is 2. The second-order valence-corrected chi connectivity index (χ2v) is 11.3. The second kappa shape index (κ2) is 22.7. The van der Waals surface area contributed by atoms with Gasteiger partial charge < -0.3 is 0 Å². The Labute approximate surface area is 215 Å². The van der Waals surface area contributed by atoms with Crippen molar-refractivity contribution in [3.05, 3.63) is 18.2 Å². The minimum atomic E-state index is 0.607. The lowest BCUT2D eigenvalue weighted by Crippen LogP contribution is -2.38. The van der Waals surface area contributed by atoms with Gasteiger partial charge in [0.2, 0.25) is 0 Å². The Balaban J connectivity index is 2.10. The minimum Gasteiger partial charge on any atom is -0.234 e. The normalized spacial score (nSPS) is 11.7. The van der Waals surface area contributed by atoms with E-state index in [4.69, 9.17) is 0 Å². The van der Waals surface area contributed by atoms with E-state index in [2.05, 4.69) is 49.2 Å². The van der Waals surface area contributed by atoms with Crippen molar-refractivity contribution in [3.8, 4) is 0 Å². The molecule has 0 N–H and O–H groups in total. The number of imidazole rings is 1. The molecule has 0 amide bonds. The highest BCUT2D eigenvalue weighted by Gasteiger charge is 2.19. The summed E-state index contributed by atoms with van der Waals surface area (Å²) in [5, 5.41) is 0. The van der Waals surface area contributed by atoms with E-state index in [-0.39, 0.29) is 0 Å². The molecule has 0 fully saturated rings. The molecular formula is C32H63N2+. The summed E-state index contributed by atoms with van der Waals surface area (Å²) in [7, 11) is 0. The van der Waals surface area contributed by atoms with Gasteiger partial charge in [-0.05, 0) is 25.7 Å². The predicted molar refractivity (Wildman–Crippen MR) is 152 cm³/mol. The summed E-state index contributed by atoms with van der Waals surface area (Å²) in [5.74, 6) is 2.15. The molecule has 1 aromatic rings. The summed E-state index contributed by atoms with van der Waals surface area (Å²) in [6.45, 7) is 11.7. The molecule has 0 atom stereocenters. The lowest BCUT2D eigenvalue weighted by molar-refractivity contribution is -0.705. The van der Waals surface area contributed by atoms with Gasteiger partial charge in [-0.15, -0.1) is 0 Å². The van der Waals surface area contributed by atoms with Crippen LogP contribution in [0.1, 0.15) is 181 Å². The Morgan fingerprint density at radius 3 is 1.35 bits per heavy atom. The zero-order valence-corrected chi connectivity index (χ0v) is 24.1. The molecule has 2 nitrogen and oxygen atoms in total. The summed E-state index contributed by atoms with van der Waals surface area (Å²) in [4.78, 5) is 0. The molecule has 0 aliphatic rings. The summed E-state index contributed by atoms with van der Waals surface area (Å²) >= 11 is 0. The van der Waals surface area contributed by atoms with Gasteiger partial charge >= 0.3 is 0 Å². The van der Waals surface area contributed by atoms with Crippen LogP contribution in [0.25, 0.3) is 0 Å². The third-order valence-corrected chi connectivity index (χ3v) is 7.54. The minimum absolute atomic E-state index is 0.607. The maximum absolute atomic E-state index is 2.55. The van der Waals surface area contributed by atoms with Crippen molar-refractivity contribution in [2.45, 2.75) is 188 Å². The standard InChI is InChI=1S/C32H63N2/c1-5-7-9-11-13-15-17-18-20-22-24-26-28-34-30-29-33(32(34)31(3)4)27-25-23-21-19-16-14-12-10-8-6-2/h29-31H,5-28H2,1-4H3/q+1. The van der Waals surface area contributed by atoms with Crippen LogP contribution in [0.15, 0.2) is 12.4 Å². The van der Waals surface area contributed by atoms with Crippen molar-refractivity contribution < 1.29 is 4.57 Å². The fourth-order valence-corrected chi connectivity index (χ4v) is 5.41. The maximum Gasteiger partial charge on any atom is 0.258 e. The molecule has 34 heavy (non-hydrogen) atoms. The molecule has 0 aliphatic heterocycles. The number of hydrogen-bond donors (Lipinski definition) is 0. The Bertz CT molecular complexity index is 545. The first-order chi connectivity index (χ1) is 16.7. The Hall–Kier alpha value is -0.790. The third-order valence-electron chi connectivity index (χ3n) is 7.54. The Morgan fingerprint density at radius 1 is 0.559 bits per heavy atom. The molecule has 0 saturated heterocycles. The highest BCUT2D eigenvalue weighted by atomic mass is 15.1. The molecular weight excluding hydrogens is 412 g/mol. The fourth-order valence-electron chi connectivity index (χ4n) is 5.41. The van der Waals surface area contributed by atoms with E-state index in [1.807, 2.05) is 0 Å². The quantitative estimate of drug-likeness (QED) is 0.0981. The molecule has 0 radical (unpaired) electrons. The van der Waals surface area contributed by atoms with E-state index in [0.29, 0.717) is 5.92 Å². The molecule has 1 heterocycles. The third kappa shape index (κ3) is 16.0. The van der Waals surface area contributed by atoms with Crippen molar-refractivity contribution >= 4 is 0 Å². The molecule has 0 spiro atoms. The number of nitrogens with zero attached hydrogens (tertiary/aromatic N) is 2. The molecule has 0 saturated carbocycles. The van der Waals surface area contributed by atoms with Gasteiger partial charge in [0.05, 0.1) is 19.0 Å². The first-order valence-corrected chi connectivity index (χ1v) is 15.8. The van der Waals surface area contributed by atoms with Crippen LogP contribution >= 0.6 is 0 Å². The molecule has 200 valence electrons. The monoisotopic (exact) mass is 475 g/mol. The van der Waals surface area contributed by atoms with Crippen molar-refractivity contribution in [1.82, 2.24) is 4.57 Å². The van der Waals surface area contributed by atoms with E-state index < -0.39 is 0 Å². The van der Waals surface area contributed by atoms with Crippen LogP contribution in [0.3, 0.4) is 0 Å². The van der Waals surface area contributed by atoms with Gasteiger partial charge in [-0.25, -0.2) is 9.13 Å². The predicted octanol–water partition coefficient (Wildman–Crippen LogP) is 10.5. The van der Waals surface area contributed by atoms with Gasteiger partial charge in [0.1, 0.15) is 12.4 Å². The number of hydrogen-bond acceptors (Lipinski definition) is 0. The highest BCUT2D eigenvalue weighted by Crippen LogP contribution is 2.15. The van der Waals surface area contributed by atoms with Crippen molar-refractivity contribution in [3.63, 3.8) is 0 Å². The van der Waals surface area contributed by atoms with Crippen LogP contribution in [-0.4, -0.2) is 4.57 Å². The highest BCUT2D eigenvalue weighted by molar-refractivity contribution is 4.89. The summed E-state index contributed by atoms with van der Waals surface area (Å²) in [6, 6.07) is 0. The zero-order valence-electron chi connectivity index (χ0n) is 24.1. The maximum atomic E-state index is 2.55. The zero-order chi connectivity index (χ0) is 24.7. The smallest absolute Gasteiger partial charge is 0.234 e. The van der Waals surface area contributed by atoms with E-state index in [9.17, 15) is 0 Å². The second-order valence-electron chi connectivity index (χ2n) is 11.3. The molecule has 1 rings (SSSR count). The molecule has 0 bridgehead atoms. The van der Waals surface area contributed by atoms with Gasteiger partial charge in [0.15, 0.2) is 0 Å². The van der Waals surface area contributed by atoms with Crippen molar-refractivity contribution in [1.29, 1.82) is 0 Å². The Morgan fingerprint density at radius 2 is 0.941 bits per heavy atom. The van der Waals surface area contributed by atoms with Crippen LogP contribution in [0.2, 0.25) is 0 Å². The van der Waals surface area contributed by atoms with E-state index in [1.54, 1.807) is 5.82 Å². The lowest BCUT2D eigenvalue weighted by Gasteiger charge is -2.08. The SMILES string of the molecule is CCCCCCCCCCCCCCn1cc[n+](CCCCCCCCCCCC)c1C(C)C. The van der Waals surface area contributed by atoms with E-state index in [0.717, 1.165) is 0 Å². The van der Waals surface area contributed by atoms with Crippen LogP contribution in [0.5, 0.6) is 0 Å². The molecule has 0 aromatic carbocycles. The molecule has 0 aliphatic carbocycles. The van der Waals surface area contributed by atoms with Gasteiger partial charge in [-0.1, -0.05) is 143 Å². The van der Waals surface area contributed by atoms with Crippen LogP contribution in [0, 0.1) is 0 Å². The van der Waals surface area contributed by atoms with Crippen LogP contribution < -0.4 is 4.57 Å². The first-order valence-electron chi connectivity index (χ1n) is 15.8. The number of unbranched alkanes of at least 4 members (excludes halogenated alkanes) is 20. The van der Waals surface area contributed by atoms with Gasteiger partial charge in [0.25, 0.3) is 5.82 Å². The largest absolute Gasteiger partial charge is 0.258 e. The summed E-state index contributed by atoms with van der Waals surface area (Å²) < 4.78 is 5.10. The van der Waals surface area contributed by atoms with Crippen LogP contribution in [-0.2, 0) is 13.1 Å². The van der Waals surface area contributed by atoms with Crippen LogP contribution in [0.4, 0.5) is 0 Å². The van der Waals surface area contributed by atoms with E-state index >= 15 is 0 Å². The van der Waals surface area contributed by atoms with Gasteiger partial charge in [-0.3, -0.25) is 0 Å². The average molecular weight is 476 g/mol. The van der Waals surface area contributed by atoms with Crippen molar-refractivity contribution in [2.75, 3.05) is 0 Å². The molecule has 2 heteroatoms. The van der Waals surface area contributed by atoms with Gasteiger partial charge in [-0.2, -0.15) is 0 Å². The lowest BCUT2D eigenvalue weighted by atomic mass is 10.1. The average Bonchev–Trinajstić information content (AvgIpc) is 3.24. The summed E-state index contributed by atoms with van der Waals surface area (Å²) in [6.07, 6.45) is 36.0. The molecule has 0 unspecified atom stereocenters. The van der Waals surface area contributed by atoms with E-state index in [1.165, 1.54) is 154 Å². The first kappa shape index (κ1) is 31.2. The Kier molecular flexibility index (Phi) is 20.8. The fraction of sp³-hybridized carbons (Fsp3) is 0.906. The molecule has 1 aromatic heterocycles. The summed E-state index contributed by atoms with van der Waals surface area (Å²) in [5.41, 5.74) is 0.